The molecule has 26 heavy (non-hydrogen) atoms. The minimum absolute atomic E-state index is 0.209. The predicted octanol–water partition coefficient (Wildman–Crippen LogP) is 6.49. The van der Waals surface area contributed by atoms with Gasteiger partial charge in [0, 0.05) is 21.8 Å². The van der Waals surface area contributed by atoms with Crippen LogP contribution in [-0.2, 0) is 0 Å². The van der Waals surface area contributed by atoms with E-state index in [0.29, 0.717) is 5.56 Å². The Labute approximate surface area is 163 Å². The second kappa shape index (κ2) is 7.02. The quantitative estimate of drug-likeness (QED) is 0.383. The van der Waals surface area contributed by atoms with Crippen LogP contribution in [0.3, 0.4) is 0 Å². The maximum Gasteiger partial charge on any atom is 0.124 e. The van der Waals surface area contributed by atoms with Gasteiger partial charge in [0.15, 0.2) is 0 Å². The van der Waals surface area contributed by atoms with Crippen LogP contribution >= 0.6 is 27.3 Å². The van der Waals surface area contributed by atoms with Crippen LogP contribution in [0.4, 0.5) is 5.69 Å². The van der Waals surface area contributed by atoms with Gasteiger partial charge in [0.1, 0.15) is 10.8 Å². The van der Waals surface area contributed by atoms with Gasteiger partial charge in [0.2, 0.25) is 0 Å². The number of aromatic nitrogens is 1. The minimum atomic E-state index is 0.209. The first-order valence-electron chi connectivity index (χ1n) is 8.09. The Morgan fingerprint density at radius 2 is 1.92 bits per heavy atom. The molecule has 1 heterocycles. The number of aryl methyl sites for hydroxylation is 1. The first-order chi connectivity index (χ1) is 12.6. The molecule has 128 valence electrons. The van der Waals surface area contributed by atoms with E-state index >= 15 is 0 Å². The number of fused-ring (bicyclic) bond motifs is 1. The monoisotopic (exact) mass is 422 g/mol. The number of aliphatic imine (C=N–C) groups is 1. The number of hydrogen-bond acceptors (Lipinski definition) is 4. The number of halogens is 1. The molecular weight excluding hydrogens is 408 g/mol. The van der Waals surface area contributed by atoms with Gasteiger partial charge < -0.3 is 5.11 Å². The Morgan fingerprint density at radius 1 is 1.08 bits per heavy atom. The largest absolute Gasteiger partial charge is 0.507 e. The van der Waals surface area contributed by atoms with E-state index in [1.807, 2.05) is 43.3 Å². The molecule has 0 aliphatic heterocycles. The summed E-state index contributed by atoms with van der Waals surface area (Å²) in [5, 5.41) is 10.9. The van der Waals surface area contributed by atoms with Crippen LogP contribution in [0.15, 0.2) is 70.1 Å². The van der Waals surface area contributed by atoms with Crippen LogP contribution < -0.4 is 0 Å². The van der Waals surface area contributed by atoms with Crippen molar-refractivity contribution in [2.24, 2.45) is 4.99 Å². The lowest BCUT2D eigenvalue weighted by atomic mass is 10.1. The van der Waals surface area contributed by atoms with Gasteiger partial charge in [-0.25, -0.2) is 4.98 Å². The minimum Gasteiger partial charge on any atom is -0.507 e. The Balaban J connectivity index is 1.65. The lowest BCUT2D eigenvalue weighted by molar-refractivity contribution is 0.474. The maximum atomic E-state index is 9.93. The van der Waals surface area contributed by atoms with Gasteiger partial charge in [-0.1, -0.05) is 28.1 Å². The Morgan fingerprint density at radius 3 is 2.73 bits per heavy atom. The molecule has 0 saturated heterocycles. The van der Waals surface area contributed by atoms with Crippen molar-refractivity contribution in [1.82, 2.24) is 4.98 Å². The third kappa shape index (κ3) is 3.41. The van der Waals surface area contributed by atoms with Crippen LogP contribution in [0.5, 0.6) is 5.75 Å². The molecule has 0 aliphatic carbocycles. The van der Waals surface area contributed by atoms with Crippen molar-refractivity contribution in [3.8, 4) is 16.3 Å². The van der Waals surface area contributed by atoms with Gasteiger partial charge >= 0.3 is 0 Å². The van der Waals surface area contributed by atoms with E-state index in [4.69, 9.17) is 4.98 Å². The smallest absolute Gasteiger partial charge is 0.124 e. The fraction of sp³-hybridized carbons (Fsp3) is 0.0476. The maximum absolute atomic E-state index is 9.93. The molecule has 0 aliphatic rings. The van der Waals surface area contributed by atoms with E-state index < -0.39 is 0 Å². The number of phenols is 1. The molecule has 3 aromatic carbocycles. The highest BCUT2D eigenvalue weighted by Gasteiger charge is 2.07. The molecular formula is C21H15BrN2OS. The zero-order chi connectivity index (χ0) is 18.1. The molecule has 0 radical (unpaired) electrons. The summed E-state index contributed by atoms with van der Waals surface area (Å²) in [5.74, 6) is 0.209. The highest BCUT2D eigenvalue weighted by molar-refractivity contribution is 9.10. The lowest BCUT2D eigenvalue weighted by Crippen LogP contribution is -1.84. The standard InChI is InChI=1S/C21H15BrN2OS/c1-13-10-14(21-24-18-4-2-3-5-20(18)26-21)6-8-17(13)23-12-15-11-16(22)7-9-19(15)25/h2-12,25H,1H3. The molecule has 0 saturated carbocycles. The number of para-hydroxylation sites is 1. The van der Waals surface area contributed by atoms with Crippen molar-refractivity contribution < 1.29 is 5.11 Å². The van der Waals surface area contributed by atoms with Gasteiger partial charge in [-0.2, -0.15) is 0 Å². The number of hydrogen-bond donors (Lipinski definition) is 1. The Bertz CT molecular complexity index is 1100. The van der Waals surface area contributed by atoms with Crippen LogP contribution in [0.25, 0.3) is 20.8 Å². The summed E-state index contributed by atoms with van der Waals surface area (Å²) in [6.07, 6.45) is 1.68. The molecule has 0 atom stereocenters. The first kappa shape index (κ1) is 16.9. The Kier molecular flexibility index (Phi) is 4.57. The zero-order valence-electron chi connectivity index (χ0n) is 14.0. The zero-order valence-corrected chi connectivity index (χ0v) is 16.4. The number of rotatable bonds is 3. The molecule has 1 aromatic heterocycles. The SMILES string of the molecule is Cc1cc(-c2nc3ccccc3s2)ccc1N=Cc1cc(Br)ccc1O. The average Bonchev–Trinajstić information content (AvgIpc) is 3.07. The fourth-order valence-corrected chi connectivity index (χ4v) is 4.04. The van der Waals surface area contributed by atoms with Crippen LogP contribution in [0.1, 0.15) is 11.1 Å². The van der Waals surface area contributed by atoms with E-state index in [0.717, 1.165) is 31.8 Å². The van der Waals surface area contributed by atoms with E-state index in [-0.39, 0.29) is 5.75 Å². The summed E-state index contributed by atoms with van der Waals surface area (Å²) in [4.78, 5) is 9.24. The van der Waals surface area contributed by atoms with Gasteiger partial charge in [-0.3, -0.25) is 4.99 Å². The predicted molar refractivity (Wildman–Crippen MR) is 113 cm³/mol. The van der Waals surface area contributed by atoms with Gasteiger partial charge in [-0.05, 0) is 61.0 Å². The average molecular weight is 423 g/mol. The normalized spacial score (nSPS) is 11.5. The third-order valence-corrected chi connectivity index (χ3v) is 5.65. The molecule has 0 amide bonds. The molecule has 5 heteroatoms. The first-order valence-corrected chi connectivity index (χ1v) is 9.70. The van der Waals surface area contributed by atoms with Gasteiger partial charge in [-0.15, -0.1) is 11.3 Å². The summed E-state index contributed by atoms with van der Waals surface area (Å²) in [6, 6.07) is 19.6. The number of aromatic hydroxyl groups is 1. The topological polar surface area (TPSA) is 45.5 Å². The molecule has 1 N–H and O–H groups in total. The van der Waals surface area contributed by atoms with Crippen molar-refractivity contribution in [2.75, 3.05) is 0 Å². The van der Waals surface area contributed by atoms with E-state index in [1.54, 1.807) is 29.7 Å². The highest BCUT2D eigenvalue weighted by Crippen LogP contribution is 2.32. The summed E-state index contributed by atoms with van der Waals surface area (Å²) in [7, 11) is 0. The highest BCUT2D eigenvalue weighted by atomic mass is 79.9. The lowest BCUT2D eigenvalue weighted by Gasteiger charge is -2.04. The van der Waals surface area contributed by atoms with Crippen molar-refractivity contribution in [1.29, 1.82) is 0 Å². The summed E-state index contributed by atoms with van der Waals surface area (Å²) in [5.41, 5.74) is 4.72. The van der Waals surface area contributed by atoms with Gasteiger partial charge in [0.05, 0.1) is 15.9 Å². The second-order valence-corrected chi connectivity index (χ2v) is 7.90. The molecule has 0 spiro atoms. The van der Waals surface area contributed by atoms with E-state index in [2.05, 4.69) is 33.1 Å². The van der Waals surface area contributed by atoms with Crippen LogP contribution in [0.2, 0.25) is 0 Å². The number of nitrogens with zero attached hydrogens (tertiary/aromatic N) is 2. The third-order valence-electron chi connectivity index (χ3n) is 4.07. The van der Waals surface area contributed by atoms with Crippen molar-refractivity contribution in [2.45, 2.75) is 6.92 Å². The fourth-order valence-electron chi connectivity index (χ4n) is 2.70. The second-order valence-electron chi connectivity index (χ2n) is 5.95. The number of benzene rings is 3. The van der Waals surface area contributed by atoms with Crippen LogP contribution in [-0.4, -0.2) is 16.3 Å². The molecule has 0 unspecified atom stereocenters. The van der Waals surface area contributed by atoms with E-state index in [9.17, 15) is 5.11 Å². The summed E-state index contributed by atoms with van der Waals surface area (Å²) in [6.45, 7) is 2.03. The molecule has 4 rings (SSSR count). The van der Waals surface area contributed by atoms with Crippen molar-refractivity contribution in [3.05, 3.63) is 76.3 Å². The Hall–Kier alpha value is -2.50. The van der Waals surface area contributed by atoms with Crippen LogP contribution in [0, 0.1) is 6.92 Å². The molecule has 0 fully saturated rings. The van der Waals surface area contributed by atoms with E-state index in [1.165, 1.54) is 4.70 Å². The number of phenolic OH excluding ortho intramolecular Hbond substituents is 1. The summed E-state index contributed by atoms with van der Waals surface area (Å²) < 4.78 is 2.09. The van der Waals surface area contributed by atoms with Gasteiger partial charge in [0.25, 0.3) is 0 Å². The molecule has 0 bridgehead atoms. The van der Waals surface area contributed by atoms with Crippen molar-refractivity contribution in [3.63, 3.8) is 0 Å². The molecule has 4 aromatic rings. The number of thiazole rings is 1. The molecule has 3 nitrogen and oxygen atoms in total. The summed E-state index contributed by atoms with van der Waals surface area (Å²) >= 11 is 5.10. The van der Waals surface area contributed by atoms with Crippen molar-refractivity contribution >= 4 is 49.4 Å².